The molecule has 7 heteroatoms. The standard InChI is InChI=1S/C24H23N3O3S/c1-16(2)30-21-10-6-9-20(15-21)22(28)25-24(31)27-26-23(29)19-13-11-18(12-14-19)17-7-4-3-5-8-17/h3-16H,1-2H3,(H,26,29)(H2,25,27,28,31). The molecule has 31 heavy (non-hydrogen) atoms. The number of thiocarbonyl (C=S) groups is 1. The zero-order chi connectivity index (χ0) is 22.2. The van der Waals surface area contributed by atoms with Crippen LogP contribution in [-0.4, -0.2) is 23.0 Å². The highest BCUT2D eigenvalue weighted by atomic mass is 32.1. The Bertz CT molecular complexity index is 1070. The van der Waals surface area contributed by atoms with Gasteiger partial charge in [0.2, 0.25) is 0 Å². The number of hydrogen-bond donors (Lipinski definition) is 3. The van der Waals surface area contributed by atoms with E-state index in [1.165, 1.54) is 0 Å². The zero-order valence-corrected chi connectivity index (χ0v) is 18.0. The second kappa shape index (κ2) is 10.4. The Morgan fingerprint density at radius 3 is 2.13 bits per heavy atom. The normalized spacial score (nSPS) is 10.3. The van der Waals surface area contributed by atoms with Gasteiger partial charge >= 0.3 is 0 Å². The number of hydrogen-bond acceptors (Lipinski definition) is 4. The summed E-state index contributed by atoms with van der Waals surface area (Å²) in [5.74, 6) is -0.189. The van der Waals surface area contributed by atoms with Crippen molar-refractivity contribution in [2.75, 3.05) is 0 Å². The molecule has 0 aliphatic rings. The Labute approximate surface area is 186 Å². The number of carbonyl (C=O) groups excluding carboxylic acids is 2. The largest absolute Gasteiger partial charge is 0.491 e. The van der Waals surface area contributed by atoms with Crippen LogP contribution in [0.1, 0.15) is 34.6 Å². The van der Waals surface area contributed by atoms with Crippen molar-refractivity contribution in [2.45, 2.75) is 20.0 Å². The highest BCUT2D eigenvalue weighted by Gasteiger charge is 2.11. The molecule has 0 unspecified atom stereocenters. The van der Waals surface area contributed by atoms with Crippen LogP contribution < -0.4 is 20.9 Å². The Morgan fingerprint density at radius 1 is 0.774 bits per heavy atom. The van der Waals surface area contributed by atoms with E-state index in [1.807, 2.05) is 56.3 Å². The summed E-state index contributed by atoms with van der Waals surface area (Å²) in [5, 5.41) is 2.51. The highest BCUT2D eigenvalue weighted by molar-refractivity contribution is 7.80. The lowest BCUT2D eigenvalue weighted by atomic mass is 10.0. The lowest BCUT2D eigenvalue weighted by Crippen LogP contribution is -2.48. The molecule has 3 rings (SSSR count). The molecule has 0 aliphatic carbocycles. The second-order valence-electron chi connectivity index (χ2n) is 7.00. The molecule has 0 aromatic heterocycles. The van der Waals surface area contributed by atoms with Crippen LogP contribution in [-0.2, 0) is 0 Å². The van der Waals surface area contributed by atoms with Crippen LogP contribution in [0.3, 0.4) is 0 Å². The van der Waals surface area contributed by atoms with Crippen LogP contribution in [0.25, 0.3) is 11.1 Å². The van der Waals surface area contributed by atoms with E-state index >= 15 is 0 Å². The minimum atomic E-state index is -0.409. The van der Waals surface area contributed by atoms with Crippen molar-refractivity contribution in [1.82, 2.24) is 16.2 Å². The minimum Gasteiger partial charge on any atom is -0.491 e. The maximum absolute atomic E-state index is 12.4. The van der Waals surface area contributed by atoms with Crippen LogP contribution in [0.4, 0.5) is 0 Å². The van der Waals surface area contributed by atoms with Crippen LogP contribution in [0.2, 0.25) is 0 Å². The predicted octanol–water partition coefficient (Wildman–Crippen LogP) is 4.09. The molecule has 2 amide bonds. The first-order chi connectivity index (χ1) is 14.9. The molecule has 3 aromatic rings. The van der Waals surface area contributed by atoms with E-state index in [9.17, 15) is 9.59 Å². The van der Waals surface area contributed by atoms with E-state index in [0.29, 0.717) is 16.9 Å². The van der Waals surface area contributed by atoms with Gasteiger partial charge < -0.3 is 4.74 Å². The first-order valence-electron chi connectivity index (χ1n) is 9.76. The molecule has 3 N–H and O–H groups in total. The van der Waals surface area contributed by atoms with Gasteiger partial charge in [-0.2, -0.15) is 0 Å². The maximum atomic E-state index is 12.4. The van der Waals surface area contributed by atoms with Crippen LogP contribution in [0.5, 0.6) is 5.75 Å². The Balaban J connectivity index is 1.52. The van der Waals surface area contributed by atoms with E-state index in [0.717, 1.165) is 11.1 Å². The van der Waals surface area contributed by atoms with Gasteiger partial charge in [0, 0.05) is 11.1 Å². The van der Waals surface area contributed by atoms with Gasteiger partial charge in [0.25, 0.3) is 11.8 Å². The van der Waals surface area contributed by atoms with Gasteiger partial charge in [0.1, 0.15) is 5.75 Å². The van der Waals surface area contributed by atoms with Gasteiger partial charge in [-0.1, -0.05) is 48.5 Å². The minimum absolute atomic E-state index is 0.00183. The number of benzene rings is 3. The van der Waals surface area contributed by atoms with Crippen molar-refractivity contribution in [3.63, 3.8) is 0 Å². The fraction of sp³-hybridized carbons (Fsp3) is 0.125. The van der Waals surface area contributed by atoms with E-state index in [4.69, 9.17) is 17.0 Å². The molecule has 0 heterocycles. The first kappa shape index (κ1) is 22.0. The first-order valence-corrected chi connectivity index (χ1v) is 10.2. The van der Waals surface area contributed by atoms with E-state index in [2.05, 4.69) is 16.2 Å². The van der Waals surface area contributed by atoms with Crippen molar-refractivity contribution in [3.8, 4) is 16.9 Å². The molecule has 3 aromatic carbocycles. The summed E-state index contributed by atoms with van der Waals surface area (Å²) in [7, 11) is 0. The van der Waals surface area contributed by atoms with Gasteiger partial charge in [0.05, 0.1) is 6.10 Å². The Morgan fingerprint density at radius 2 is 1.45 bits per heavy atom. The fourth-order valence-corrected chi connectivity index (χ4v) is 2.96. The monoisotopic (exact) mass is 433 g/mol. The molecule has 0 aliphatic heterocycles. The van der Waals surface area contributed by atoms with E-state index in [1.54, 1.807) is 36.4 Å². The summed E-state index contributed by atoms with van der Waals surface area (Å²) in [6, 6.07) is 23.9. The molecule has 0 saturated carbocycles. The smallest absolute Gasteiger partial charge is 0.269 e. The molecule has 0 fully saturated rings. The average molecular weight is 434 g/mol. The molecular formula is C24H23N3O3S. The lowest BCUT2D eigenvalue weighted by Gasteiger charge is -2.13. The van der Waals surface area contributed by atoms with Crippen molar-refractivity contribution in [3.05, 3.63) is 90.0 Å². The number of nitrogens with one attached hydrogen (secondary N) is 3. The number of amides is 2. The van der Waals surface area contributed by atoms with Crippen LogP contribution >= 0.6 is 12.2 Å². The molecule has 0 bridgehead atoms. The Hall–Kier alpha value is -3.71. The number of hydrazine groups is 1. The summed E-state index contributed by atoms with van der Waals surface area (Å²) in [4.78, 5) is 24.7. The zero-order valence-electron chi connectivity index (χ0n) is 17.2. The van der Waals surface area contributed by atoms with E-state index in [-0.39, 0.29) is 17.1 Å². The SMILES string of the molecule is CC(C)Oc1cccc(C(=O)NC(=S)NNC(=O)c2ccc(-c3ccccc3)cc2)c1. The molecule has 0 spiro atoms. The summed E-state index contributed by atoms with van der Waals surface area (Å²) in [6.45, 7) is 3.81. The van der Waals surface area contributed by atoms with Crippen molar-refractivity contribution in [2.24, 2.45) is 0 Å². The third-order valence-corrected chi connectivity index (χ3v) is 4.44. The average Bonchev–Trinajstić information content (AvgIpc) is 2.78. The molecule has 0 radical (unpaired) electrons. The predicted molar refractivity (Wildman–Crippen MR) is 125 cm³/mol. The lowest BCUT2D eigenvalue weighted by molar-refractivity contribution is 0.0934. The number of ether oxygens (including phenoxy) is 1. The summed E-state index contributed by atoms with van der Waals surface area (Å²) in [5.41, 5.74) is 7.96. The highest BCUT2D eigenvalue weighted by Crippen LogP contribution is 2.19. The third kappa shape index (κ3) is 6.38. The topological polar surface area (TPSA) is 79.5 Å². The van der Waals surface area contributed by atoms with Gasteiger partial charge in [-0.05, 0) is 67.5 Å². The molecule has 0 atom stereocenters. The van der Waals surface area contributed by atoms with E-state index < -0.39 is 5.91 Å². The van der Waals surface area contributed by atoms with Gasteiger partial charge in [-0.15, -0.1) is 0 Å². The number of carbonyl (C=O) groups is 2. The maximum Gasteiger partial charge on any atom is 0.269 e. The molecule has 0 saturated heterocycles. The van der Waals surface area contributed by atoms with Crippen molar-refractivity contribution in [1.29, 1.82) is 0 Å². The van der Waals surface area contributed by atoms with Crippen LogP contribution in [0.15, 0.2) is 78.9 Å². The third-order valence-electron chi connectivity index (χ3n) is 4.24. The van der Waals surface area contributed by atoms with Gasteiger partial charge in [0.15, 0.2) is 5.11 Å². The molecule has 158 valence electrons. The number of rotatable bonds is 5. The summed E-state index contributed by atoms with van der Waals surface area (Å²) >= 11 is 5.10. The second-order valence-corrected chi connectivity index (χ2v) is 7.41. The van der Waals surface area contributed by atoms with Crippen molar-refractivity contribution < 1.29 is 14.3 Å². The van der Waals surface area contributed by atoms with Gasteiger partial charge in [-0.25, -0.2) is 0 Å². The van der Waals surface area contributed by atoms with Crippen molar-refractivity contribution >= 4 is 29.1 Å². The molecule has 6 nitrogen and oxygen atoms in total. The fourth-order valence-electron chi connectivity index (χ4n) is 2.82. The van der Waals surface area contributed by atoms with Crippen LogP contribution in [0, 0.1) is 0 Å². The summed E-state index contributed by atoms with van der Waals surface area (Å²) < 4.78 is 5.59. The Kier molecular flexibility index (Phi) is 7.35. The quantitative estimate of drug-likeness (QED) is 0.417. The summed E-state index contributed by atoms with van der Waals surface area (Å²) in [6.07, 6.45) is -0.00183. The van der Waals surface area contributed by atoms with Gasteiger partial charge in [-0.3, -0.25) is 25.8 Å². The molecular weight excluding hydrogens is 410 g/mol.